The van der Waals surface area contributed by atoms with Gasteiger partial charge in [0.25, 0.3) is 5.91 Å². The fourth-order valence-electron chi connectivity index (χ4n) is 2.33. The third kappa shape index (κ3) is 3.23. The van der Waals surface area contributed by atoms with Crippen LogP contribution in [0.1, 0.15) is 5.56 Å². The first-order valence-corrected chi connectivity index (χ1v) is 7.82. The number of carbonyl (C=O) groups is 2. The highest BCUT2D eigenvalue weighted by molar-refractivity contribution is 7.80. The third-order valence-electron chi connectivity index (χ3n) is 3.62. The van der Waals surface area contributed by atoms with Gasteiger partial charge in [-0.05, 0) is 43.4 Å². The lowest BCUT2D eigenvalue weighted by Gasteiger charge is -2.30. The number of carbonyl (C=O) groups excluding carboxylic acids is 2. The van der Waals surface area contributed by atoms with Crippen LogP contribution in [0.25, 0.3) is 0 Å². The zero-order valence-electron chi connectivity index (χ0n) is 13.0. The molecule has 0 unspecified atom stereocenters. The van der Waals surface area contributed by atoms with Crippen LogP contribution in [0.5, 0.6) is 0 Å². The molecule has 1 N–H and O–H groups in total. The van der Waals surface area contributed by atoms with Gasteiger partial charge in [-0.25, -0.2) is 0 Å². The van der Waals surface area contributed by atoms with Gasteiger partial charge in [-0.3, -0.25) is 19.5 Å². The van der Waals surface area contributed by atoms with Crippen molar-refractivity contribution in [3.8, 4) is 0 Å². The zero-order chi connectivity index (χ0) is 17.1. The van der Waals surface area contributed by atoms with Crippen molar-refractivity contribution in [2.45, 2.75) is 6.92 Å². The highest BCUT2D eigenvalue weighted by Crippen LogP contribution is 2.21. The van der Waals surface area contributed by atoms with Crippen LogP contribution in [-0.2, 0) is 9.59 Å². The van der Waals surface area contributed by atoms with Gasteiger partial charge < -0.3 is 5.32 Å². The van der Waals surface area contributed by atoms with Gasteiger partial charge in [0.15, 0.2) is 11.0 Å². The van der Waals surface area contributed by atoms with E-state index >= 15 is 0 Å². The number of hydrogen-bond donors (Lipinski definition) is 1. The van der Waals surface area contributed by atoms with Crippen molar-refractivity contribution in [1.82, 2.24) is 5.32 Å². The first kappa shape index (κ1) is 16.0. The van der Waals surface area contributed by atoms with Gasteiger partial charge in [0, 0.05) is 6.21 Å². The lowest BCUT2D eigenvalue weighted by atomic mass is 10.1. The molecular weight excluding hydrogens is 322 g/mol. The van der Waals surface area contributed by atoms with E-state index in [9.17, 15) is 9.59 Å². The Morgan fingerprint density at radius 2 is 1.75 bits per heavy atom. The number of anilines is 1. The van der Waals surface area contributed by atoms with Crippen LogP contribution in [0.4, 0.5) is 11.4 Å². The fraction of sp³-hybridized carbons (Fsp3) is 0.111. The van der Waals surface area contributed by atoms with Crippen molar-refractivity contribution in [2.75, 3.05) is 4.90 Å². The minimum absolute atomic E-state index is 0.0817. The molecule has 0 aliphatic carbocycles. The molecule has 1 aliphatic heterocycles. The Kier molecular flexibility index (Phi) is 4.48. The summed E-state index contributed by atoms with van der Waals surface area (Å²) in [5.41, 5.74) is 2.36. The number of nitrogens with one attached hydrogen (secondary N) is 1. The molecule has 2 amide bonds. The normalized spacial score (nSPS) is 18.1. The summed E-state index contributed by atoms with van der Waals surface area (Å²) in [5.74, 6) is -1.89. The molecule has 0 radical (unpaired) electrons. The Morgan fingerprint density at radius 1 is 1.08 bits per heavy atom. The molecule has 3 rings (SSSR count). The van der Waals surface area contributed by atoms with Gasteiger partial charge in [0.2, 0.25) is 5.91 Å². The van der Waals surface area contributed by atoms with Crippen LogP contribution in [0.2, 0.25) is 0 Å². The summed E-state index contributed by atoms with van der Waals surface area (Å²) in [6, 6.07) is 16.5. The van der Waals surface area contributed by atoms with Gasteiger partial charge in [-0.15, -0.1) is 0 Å². The van der Waals surface area contributed by atoms with Crippen LogP contribution in [-0.4, -0.2) is 23.1 Å². The van der Waals surface area contributed by atoms with Crippen LogP contribution in [0.3, 0.4) is 0 Å². The highest BCUT2D eigenvalue weighted by atomic mass is 32.1. The van der Waals surface area contributed by atoms with Gasteiger partial charge in [0.05, 0.1) is 11.4 Å². The number of aryl methyl sites for hydroxylation is 1. The third-order valence-corrected chi connectivity index (χ3v) is 3.91. The molecule has 1 fully saturated rings. The Morgan fingerprint density at radius 3 is 2.42 bits per heavy atom. The molecule has 2 aromatic carbocycles. The molecule has 2 aromatic rings. The van der Waals surface area contributed by atoms with E-state index in [1.807, 2.05) is 37.3 Å². The molecular formula is C18H15N3O2S. The molecule has 0 saturated carbocycles. The number of hydrogen-bond acceptors (Lipinski definition) is 4. The van der Waals surface area contributed by atoms with Gasteiger partial charge in [-0.1, -0.05) is 35.9 Å². The molecule has 0 spiro atoms. The van der Waals surface area contributed by atoms with Gasteiger partial charge in [0.1, 0.15) is 0 Å². The summed E-state index contributed by atoms with van der Waals surface area (Å²) in [4.78, 5) is 30.4. The molecule has 120 valence electrons. The summed E-state index contributed by atoms with van der Waals surface area (Å²) in [6.45, 7) is 1.96. The predicted octanol–water partition coefficient (Wildman–Crippen LogP) is 2.76. The lowest BCUT2D eigenvalue weighted by Crippen LogP contribution is -2.58. The molecule has 0 bridgehead atoms. The van der Waals surface area contributed by atoms with E-state index in [0.717, 1.165) is 5.56 Å². The van der Waals surface area contributed by atoms with Gasteiger partial charge >= 0.3 is 0 Å². The highest BCUT2D eigenvalue weighted by Gasteiger charge is 2.38. The summed E-state index contributed by atoms with van der Waals surface area (Å²) in [7, 11) is 0. The number of aliphatic imine (C=N–C) groups is 1. The summed E-state index contributed by atoms with van der Waals surface area (Å²) in [5, 5.41) is 2.65. The quantitative estimate of drug-likeness (QED) is 0.532. The number of amides is 2. The number of thiocarbonyl (C=S) groups is 1. The standard InChI is InChI=1S/C18H15N3O2S/c1-12-7-9-14(10-8-12)21-17(23)15(16(22)20-18(21)24)11-19-13-5-3-2-4-6-13/h2-11,15H,1H3,(H,20,22,24)/t15-/m1/s1. The molecule has 1 atom stereocenters. The Labute approximate surface area is 145 Å². The van der Waals surface area contributed by atoms with Crippen molar-refractivity contribution in [1.29, 1.82) is 0 Å². The van der Waals surface area contributed by atoms with E-state index in [2.05, 4.69) is 10.3 Å². The maximum absolute atomic E-state index is 12.7. The maximum Gasteiger partial charge on any atom is 0.251 e. The van der Waals surface area contributed by atoms with E-state index < -0.39 is 17.7 Å². The van der Waals surface area contributed by atoms with Crippen LogP contribution < -0.4 is 10.2 Å². The smallest absolute Gasteiger partial charge is 0.251 e. The number of nitrogens with zero attached hydrogens (tertiary/aromatic N) is 2. The summed E-state index contributed by atoms with van der Waals surface area (Å²) >= 11 is 5.16. The van der Waals surface area contributed by atoms with Crippen LogP contribution in [0.15, 0.2) is 59.6 Å². The summed E-state index contributed by atoms with van der Waals surface area (Å²) in [6.07, 6.45) is 1.36. The Balaban J connectivity index is 1.88. The molecule has 1 aliphatic rings. The van der Waals surface area contributed by atoms with E-state index in [1.54, 1.807) is 24.3 Å². The van der Waals surface area contributed by atoms with Crippen molar-refractivity contribution < 1.29 is 9.59 Å². The molecule has 6 heteroatoms. The minimum atomic E-state index is -1.02. The first-order valence-electron chi connectivity index (χ1n) is 7.41. The molecule has 5 nitrogen and oxygen atoms in total. The topological polar surface area (TPSA) is 61.8 Å². The van der Waals surface area contributed by atoms with E-state index in [4.69, 9.17) is 12.2 Å². The second-order valence-electron chi connectivity index (χ2n) is 5.39. The van der Waals surface area contributed by atoms with Crippen LogP contribution >= 0.6 is 12.2 Å². The van der Waals surface area contributed by atoms with Crippen molar-refractivity contribution in [3.63, 3.8) is 0 Å². The van der Waals surface area contributed by atoms with Crippen LogP contribution in [0, 0.1) is 12.8 Å². The SMILES string of the molecule is Cc1ccc(N2C(=O)[C@H](C=Nc3ccccc3)C(=O)NC2=S)cc1. The molecule has 1 saturated heterocycles. The largest absolute Gasteiger partial charge is 0.301 e. The van der Waals surface area contributed by atoms with Gasteiger partial charge in [-0.2, -0.15) is 0 Å². The van der Waals surface area contributed by atoms with E-state index in [0.29, 0.717) is 11.4 Å². The monoisotopic (exact) mass is 337 g/mol. The van der Waals surface area contributed by atoms with Crippen molar-refractivity contribution >= 4 is 46.7 Å². The first-order chi connectivity index (χ1) is 11.6. The van der Waals surface area contributed by atoms with E-state index in [1.165, 1.54) is 11.1 Å². The van der Waals surface area contributed by atoms with Crippen molar-refractivity contribution in [3.05, 3.63) is 60.2 Å². The Bertz CT molecular complexity index is 816. The Hall–Kier alpha value is -2.86. The lowest BCUT2D eigenvalue weighted by molar-refractivity contribution is -0.130. The average molecular weight is 337 g/mol. The van der Waals surface area contributed by atoms with Crippen molar-refractivity contribution in [2.24, 2.45) is 10.9 Å². The molecule has 0 aromatic heterocycles. The molecule has 24 heavy (non-hydrogen) atoms. The molecule has 1 heterocycles. The fourth-order valence-corrected chi connectivity index (χ4v) is 2.63. The number of rotatable bonds is 3. The summed E-state index contributed by atoms with van der Waals surface area (Å²) < 4.78 is 0. The number of para-hydroxylation sites is 1. The predicted molar refractivity (Wildman–Crippen MR) is 97.5 cm³/mol. The number of benzene rings is 2. The maximum atomic E-state index is 12.7. The second kappa shape index (κ2) is 6.72. The van der Waals surface area contributed by atoms with E-state index in [-0.39, 0.29) is 5.11 Å². The average Bonchev–Trinajstić information content (AvgIpc) is 2.57. The zero-order valence-corrected chi connectivity index (χ0v) is 13.8. The second-order valence-corrected chi connectivity index (χ2v) is 5.78. The minimum Gasteiger partial charge on any atom is -0.301 e.